The number of hydrogen-bond donors (Lipinski definition) is 1. The van der Waals surface area contributed by atoms with E-state index in [2.05, 4.69) is 10.3 Å². The van der Waals surface area contributed by atoms with E-state index < -0.39 is 0 Å². The Kier molecular flexibility index (Phi) is 3.71. The number of aromatic nitrogens is 1. The van der Waals surface area contributed by atoms with Gasteiger partial charge in [-0.3, -0.25) is 4.98 Å². The second-order valence-corrected chi connectivity index (χ2v) is 4.14. The summed E-state index contributed by atoms with van der Waals surface area (Å²) in [4.78, 5) is 3.84. The highest BCUT2D eigenvalue weighted by molar-refractivity contribution is 6.31. The highest BCUT2D eigenvalue weighted by atomic mass is 35.5. The van der Waals surface area contributed by atoms with Gasteiger partial charge >= 0.3 is 0 Å². The zero-order valence-corrected chi connectivity index (χ0v) is 10.1. The van der Waals surface area contributed by atoms with Gasteiger partial charge in [-0.25, -0.2) is 4.39 Å². The molecular weight excluding hydrogens is 239 g/mol. The summed E-state index contributed by atoms with van der Waals surface area (Å²) in [5.41, 5.74) is 2.64. The number of halogens is 2. The number of hydrogen-bond acceptors (Lipinski definition) is 2. The molecule has 1 heterocycles. The highest BCUT2D eigenvalue weighted by Gasteiger charge is 2.04. The maximum Gasteiger partial charge on any atom is 0.142 e. The van der Waals surface area contributed by atoms with Gasteiger partial charge in [-0.1, -0.05) is 17.7 Å². The Labute approximate surface area is 104 Å². The second-order valence-electron chi connectivity index (χ2n) is 3.73. The predicted octanol–water partition coefficient (Wildman–Crippen LogP) is 3.26. The van der Waals surface area contributed by atoms with Crippen LogP contribution in [0.25, 0.3) is 11.1 Å². The molecule has 0 saturated carbocycles. The zero-order valence-electron chi connectivity index (χ0n) is 9.37. The minimum atomic E-state index is -0.340. The van der Waals surface area contributed by atoms with Crippen LogP contribution in [-0.2, 0) is 6.54 Å². The first-order valence-electron chi connectivity index (χ1n) is 5.24. The van der Waals surface area contributed by atoms with E-state index in [0.29, 0.717) is 11.6 Å². The van der Waals surface area contributed by atoms with Crippen molar-refractivity contribution in [3.05, 3.63) is 53.1 Å². The first kappa shape index (κ1) is 12.0. The van der Waals surface area contributed by atoms with Crippen LogP contribution in [0.3, 0.4) is 0 Å². The number of rotatable bonds is 3. The first-order chi connectivity index (χ1) is 8.20. The lowest BCUT2D eigenvalue weighted by Gasteiger charge is -2.07. The molecule has 1 aromatic heterocycles. The van der Waals surface area contributed by atoms with Crippen LogP contribution in [0.4, 0.5) is 4.39 Å². The van der Waals surface area contributed by atoms with Gasteiger partial charge in [0.05, 0.1) is 6.20 Å². The molecule has 17 heavy (non-hydrogen) atoms. The van der Waals surface area contributed by atoms with Gasteiger partial charge in [0.25, 0.3) is 0 Å². The smallest absolute Gasteiger partial charge is 0.142 e. The quantitative estimate of drug-likeness (QED) is 0.905. The molecule has 0 bridgehead atoms. The largest absolute Gasteiger partial charge is 0.316 e. The van der Waals surface area contributed by atoms with E-state index in [1.807, 2.05) is 25.2 Å². The van der Waals surface area contributed by atoms with Crippen molar-refractivity contribution in [2.24, 2.45) is 0 Å². The summed E-state index contributed by atoms with van der Waals surface area (Å²) in [6.07, 6.45) is 2.82. The van der Waals surface area contributed by atoms with Gasteiger partial charge in [-0.05, 0) is 36.4 Å². The van der Waals surface area contributed by atoms with Crippen LogP contribution in [0.1, 0.15) is 5.56 Å². The molecule has 4 heteroatoms. The van der Waals surface area contributed by atoms with Crippen LogP contribution in [0, 0.1) is 5.82 Å². The normalized spacial score (nSPS) is 10.5. The number of pyridine rings is 1. The Hall–Kier alpha value is -1.45. The molecule has 0 aliphatic rings. The Bertz CT molecular complexity index is 529. The van der Waals surface area contributed by atoms with Gasteiger partial charge in [0.15, 0.2) is 0 Å². The standard InChI is InChI=1S/C13H12ClFN2/c1-16-6-11-4-9(2-3-13(11)14)10-5-12(15)8-17-7-10/h2-5,7-8,16H,6H2,1H3. The van der Waals surface area contributed by atoms with E-state index in [4.69, 9.17) is 11.6 Å². The summed E-state index contributed by atoms with van der Waals surface area (Å²) in [5, 5.41) is 3.74. The van der Waals surface area contributed by atoms with Gasteiger partial charge in [-0.15, -0.1) is 0 Å². The molecule has 2 nitrogen and oxygen atoms in total. The van der Waals surface area contributed by atoms with Crippen molar-refractivity contribution in [3.8, 4) is 11.1 Å². The third kappa shape index (κ3) is 2.81. The maximum absolute atomic E-state index is 13.1. The summed E-state index contributed by atoms with van der Waals surface area (Å²) >= 11 is 6.06. The van der Waals surface area contributed by atoms with Gasteiger partial charge in [0.1, 0.15) is 5.82 Å². The van der Waals surface area contributed by atoms with Crippen LogP contribution >= 0.6 is 11.6 Å². The molecule has 1 aromatic carbocycles. The highest BCUT2D eigenvalue weighted by Crippen LogP contribution is 2.25. The lowest BCUT2D eigenvalue weighted by Crippen LogP contribution is -2.05. The van der Waals surface area contributed by atoms with Crippen molar-refractivity contribution in [2.75, 3.05) is 7.05 Å². The second kappa shape index (κ2) is 5.25. The van der Waals surface area contributed by atoms with Crippen molar-refractivity contribution >= 4 is 11.6 Å². The Morgan fingerprint density at radius 1 is 1.24 bits per heavy atom. The maximum atomic E-state index is 13.1. The molecular formula is C13H12ClFN2. The molecule has 88 valence electrons. The SMILES string of the molecule is CNCc1cc(-c2cncc(F)c2)ccc1Cl. The van der Waals surface area contributed by atoms with Crippen LogP contribution in [-0.4, -0.2) is 12.0 Å². The topological polar surface area (TPSA) is 24.9 Å². The summed E-state index contributed by atoms with van der Waals surface area (Å²) in [7, 11) is 1.85. The van der Waals surface area contributed by atoms with Gasteiger partial charge < -0.3 is 5.32 Å². The van der Waals surface area contributed by atoms with E-state index in [0.717, 1.165) is 16.7 Å². The van der Waals surface area contributed by atoms with Crippen molar-refractivity contribution in [1.82, 2.24) is 10.3 Å². The predicted molar refractivity (Wildman–Crippen MR) is 67.4 cm³/mol. The van der Waals surface area contributed by atoms with Gasteiger partial charge in [-0.2, -0.15) is 0 Å². The summed E-state index contributed by atoms with van der Waals surface area (Å²) < 4.78 is 13.1. The number of benzene rings is 1. The van der Waals surface area contributed by atoms with Gasteiger partial charge in [0, 0.05) is 23.3 Å². The summed E-state index contributed by atoms with van der Waals surface area (Å²) in [6, 6.07) is 7.07. The number of nitrogens with zero attached hydrogens (tertiary/aromatic N) is 1. The Balaban J connectivity index is 2.42. The van der Waals surface area contributed by atoms with Crippen LogP contribution < -0.4 is 5.32 Å². The van der Waals surface area contributed by atoms with E-state index in [-0.39, 0.29) is 5.82 Å². The van der Waals surface area contributed by atoms with Crippen molar-refractivity contribution in [2.45, 2.75) is 6.54 Å². The molecule has 0 saturated heterocycles. The third-order valence-electron chi connectivity index (χ3n) is 2.45. The fourth-order valence-corrected chi connectivity index (χ4v) is 1.83. The van der Waals surface area contributed by atoms with E-state index in [1.54, 1.807) is 6.20 Å². The molecule has 0 amide bonds. The number of nitrogens with one attached hydrogen (secondary N) is 1. The Morgan fingerprint density at radius 2 is 2.06 bits per heavy atom. The molecule has 0 radical (unpaired) electrons. The van der Waals surface area contributed by atoms with Crippen molar-refractivity contribution in [1.29, 1.82) is 0 Å². The van der Waals surface area contributed by atoms with E-state index in [1.165, 1.54) is 12.3 Å². The minimum absolute atomic E-state index is 0.340. The van der Waals surface area contributed by atoms with Crippen molar-refractivity contribution in [3.63, 3.8) is 0 Å². The first-order valence-corrected chi connectivity index (χ1v) is 5.62. The van der Waals surface area contributed by atoms with E-state index in [9.17, 15) is 4.39 Å². The molecule has 2 rings (SSSR count). The monoisotopic (exact) mass is 250 g/mol. The molecule has 0 unspecified atom stereocenters. The summed E-state index contributed by atoms with van der Waals surface area (Å²) in [5.74, 6) is -0.340. The van der Waals surface area contributed by atoms with Gasteiger partial charge in [0.2, 0.25) is 0 Å². The van der Waals surface area contributed by atoms with Crippen molar-refractivity contribution < 1.29 is 4.39 Å². The Morgan fingerprint density at radius 3 is 2.76 bits per heavy atom. The molecule has 2 aromatic rings. The molecule has 0 atom stereocenters. The van der Waals surface area contributed by atoms with Crippen LogP contribution in [0.2, 0.25) is 5.02 Å². The van der Waals surface area contributed by atoms with Crippen LogP contribution in [0.15, 0.2) is 36.7 Å². The average molecular weight is 251 g/mol. The zero-order chi connectivity index (χ0) is 12.3. The minimum Gasteiger partial charge on any atom is -0.316 e. The summed E-state index contributed by atoms with van der Waals surface area (Å²) in [6.45, 7) is 0.676. The fourth-order valence-electron chi connectivity index (χ4n) is 1.65. The lowest BCUT2D eigenvalue weighted by atomic mass is 10.0. The lowest BCUT2D eigenvalue weighted by molar-refractivity contribution is 0.622. The van der Waals surface area contributed by atoms with Crippen LogP contribution in [0.5, 0.6) is 0 Å². The van der Waals surface area contributed by atoms with E-state index >= 15 is 0 Å². The fraction of sp³-hybridized carbons (Fsp3) is 0.154. The third-order valence-corrected chi connectivity index (χ3v) is 2.82. The molecule has 0 aliphatic carbocycles. The average Bonchev–Trinajstić information content (AvgIpc) is 2.32. The molecule has 0 fully saturated rings. The molecule has 0 aliphatic heterocycles. The molecule has 1 N–H and O–H groups in total. The molecule has 0 spiro atoms.